The maximum absolute atomic E-state index is 12.8. The first-order chi connectivity index (χ1) is 18.5. The highest BCUT2D eigenvalue weighted by Crippen LogP contribution is 2.23. The number of nitrogens with one attached hydrogen (secondary N) is 2. The summed E-state index contributed by atoms with van der Waals surface area (Å²) < 4.78 is 46.8. The highest BCUT2D eigenvalue weighted by Gasteiger charge is 2.31. The van der Waals surface area contributed by atoms with Crippen LogP contribution in [-0.2, 0) is 11.2 Å². The van der Waals surface area contributed by atoms with E-state index in [1.165, 1.54) is 18.2 Å². The van der Waals surface area contributed by atoms with E-state index >= 15 is 0 Å². The second-order valence-corrected chi connectivity index (χ2v) is 8.67. The van der Waals surface area contributed by atoms with Crippen LogP contribution in [0.4, 0.5) is 18.9 Å². The van der Waals surface area contributed by atoms with Crippen molar-refractivity contribution in [2.75, 3.05) is 32.1 Å². The molecule has 206 valence electrons. The lowest BCUT2D eigenvalue weighted by Gasteiger charge is -2.13. The molecule has 3 aromatic carbocycles. The van der Waals surface area contributed by atoms with Gasteiger partial charge >= 0.3 is 6.36 Å². The number of halogens is 3. The summed E-state index contributed by atoms with van der Waals surface area (Å²) in [6.07, 6.45) is -2.72. The number of carbonyl (C=O) groups excluding carboxylic acids is 2. The van der Waals surface area contributed by atoms with Crippen LogP contribution in [0.25, 0.3) is 6.08 Å². The number of carbonyl (C=O) groups is 2. The van der Waals surface area contributed by atoms with Crippen molar-refractivity contribution < 1.29 is 32.2 Å². The predicted molar refractivity (Wildman–Crippen MR) is 144 cm³/mol. The van der Waals surface area contributed by atoms with Crippen molar-refractivity contribution in [1.29, 1.82) is 0 Å². The Hall–Kier alpha value is -4.47. The van der Waals surface area contributed by atoms with E-state index in [1.807, 2.05) is 31.1 Å². The molecule has 0 aliphatic rings. The third-order valence-corrected chi connectivity index (χ3v) is 5.48. The molecule has 0 saturated carbocycles. The summed E-state index contributed by atoms with van der Waals surface area (Å²) in [6, 6.07) is 19.6. The Morgan fingerprint density at radius 3 is 2.08 bits per heavy atom. The highest BCUT2D eigenvalue weighted by molar-refractivity contribution is 6.05. The molecule has 3 aromatic rings. The minimum absolute atomic E-state index is 0.0630. The molecule has 0 spiro atoms. The Balaban J connectivity index is 1.62. The van der Waals surface area contributed by atoms with E-state index in [-0.39, 0.29) is 5.70 Å². The smallest absolute Gasteiger partial charge is 0.493 e. The van der Waals surface area contributed by atoms with Crippen LogP contribution in [0.3, 0.4) is 0 Å². The van der Waals surface area contributed by atoms with Crippen LogP contribution in [0.1, 0.15) is 28.4 Å². The minimum Gasteiger partial charge on any atom is -0.493 e. The van der Waals surface area contributed by atoms with Gasteiger partial charge in [0.1, 0.15) is 17.2 Å². The standard InChI is InChI=1S/C29H30F3N3O4/c1-4-33-28(37)26(19-21-7-13-25(14-8-21)39-29(30,31)32)34-27(36)22-9-15-24(16-10-22)38-18-17-20-5-11-23(12-6-20)35(2)3/h5-16,19H,4,17-18H2,1-3H3,(H,33,37)(H,34,36). The van der Waals surface area contributed by atoms with Crippen molar-refractivity contribution in [3.05, 3.63) is 95.2 Å². The molecule has 0 bridgehead atoms. The number of ether oxygens (including phenoxy) is 2. The zero-order valence-corrected chi connectivity index (χ0v) is 21.8. The molecule has 0 saturated heterocycles. The summed E-state index contributed by atoms with van der Waals surface area (Å²) in [4.78, 5) is 27.4. The summed E-state index contributed by atoms with van der Waals surface area (Å²) in [6.45, 7) is 2.50. The molecule has 39 heavy (non-hydrogen) atoms. The van der Waals surface area contributed by atoms with Crippen LogP contribution < -0.4 is 25.0 Å². The first kappa shape index (κ1) is 29.1. The monoisotopic (exact) mass is 541 g/mol. The Morgan fingerprint density at radius 2 is 1.51 bits per heavy atom. The fourth-order valence-corrected chi connectivity index (χ4v) is 3.49. The molecule has 2 N–H and O–H groups in total. The first-order valence-electron chi connectivity index (χ1n) is 12.2. The van der Waals surface area contributed by atoms with Crippen molar-refractivity contribution in [3.8, 4) is 11.5 Å². The van der Waals surface area contributed by atoms with Gasteiger partial charge in [0.05, 0.1) is 6.61 Å². The van der Waals surface area contributed by atoms with Crippen molar-refractivity contribution in [2.24, 2.45) is 0 Å². The van der Waals surface area contributed by atoms with E-state index in [0.717, 1.165) is 29.8 Å². The summed E-state index contributed by atoms with van der Waals surface area (Å²) in [5.74, 6) is -0.873. The summed E-state index contributed by atoms with van der Waals surface area (Å²) >= 11 is 0. The number of anilines is 1. The van der Waals surface area contributed by atoms with Gasteiger partial charge in [0.15, 0.2) is 0 Å². The summed E-state index contributed by atoms with van der Waals surface area (Å²) in [5.41, 5.74) is 2.89. The molecule has 0 aliphatic heterocycles. The number of likely N-dealkylation sites (N-methyl/N-ethyl adjacent to an activating group) is 1. The molecule has 7 nitrogen and oxygen atoms in total. The number of hydrogen-bond acceptors (Lipinski definition) is 5. The van der Waals surface area contributed by atoms with Crippen molar-refractivity contribution in [2.45, 2.75) is 19.7 Å². The molecular formula is C29H30F3N3O4. The molecule has 10 heteroatoms. The van der Waals surface area contributed by atoms with Crippen LogP contribution in [-0.4, -0.2) is 45.4 Å². The summed E-state index contributed by atoms with van der Waals surface area (Å²) in [7, 11) is 3.97. The molecule has 2 amide bonds. The van der Waals surface area contributed by atoms with Crippen LogP contribution in [0.2, 0.25) is 0 Å². The Labute approximate surface area is 225 Å². The number of benzene rings is 3. The fourth-order valence-electron chi connectivity index (χ4n) is 3.49. The molecule has 0 heterocycles. The van der Waals surface area contributed by atoms with Gasteiger partial charge in [0.2, 0.25) is 0 Å². The second-order valence-electron chi connectivity index (χ2n) is 8.67. The van der Waals surface area contributed by atoms with E-state index in [4.69, 9.17) is 4.74 Å². The first-order valence-corrected chi connectivity index (χ1v) is 12.2. The van der Waals surface area contributed by atoms with Gasteiger partial charge < -0.3 is 25.0 Å². The summed E-state index contributed by atoms with van der Waals surface area (Å²) in [5, 5.41) is 5.17. The minimum atomic E-state index is -4.81. The number of alkyl halides is 3. The third kappa shape index (κ3) is 9.41. The van der Waals surface area contributed by atoms with Crippen molar-refractivity contribution >= 4 is 23.6 Å². The second kappa shape index (κ2) is 13.4. The molecule has 0 radical (unpaired) electrons. The molecular weight excluding hydrogens is 511 g/mol. The van der Waals surface area contributed by atoms with Crippen LogP contribution in [0, 0.1) is 0 Å². The van der Waals surface area contributed by atoms with Gasteiger partial charge in [-0.25, -0.2) is 0 Å². The number of nitrogens with zero attached hydrogens (tertiary/aromatic N) is 1. The molecule has 0 aromatic heterocycles. The van der Waals surface area contributed by atoms with Gasteiger partial charge in [-0.05, 0) is 72.7 Å². The van der Waals surface area contributed by atoms with Crippen molar-refractivity contribution in [3.63, 3.8) is 0 Å². The van der Waals surface area contributed by atoms with Crippen molar-refractivity contribution in [1.82, 2.24) is 10.6 Å². The fraction of sp³-hybridized carbons (Fsp3) is 0.241. The topological polar surface area (TPSA) is 79.9 Å². The zero-order valence-electron chi connectivity index (χ0n) is 21.8. The molecule has 0 fully saturated rings. The third-order valence-electron chi connectivity index (χ3n) is 5.48. The number of hydrogen-bond donors (Lipinski definition) is 2. The van der Waals surface area contributed by atoms with E-state index < -0.39 is 23.9 Å². The SMILES string of the molecule is CCNC(=O)C(=Cc1ccc(OC(F)(F)F)cc1)NC(=O)c1ccc(OCCc2ccc(N(C)C)cc2)cc1. The Bertz CT molecular complexity index is 1270. The van der Waals surface area contributed by atoms with Crippen LogP contribution in [0.5, 0.6) is 11.5 Å². The average Bonchev–Trinajstić information content (AvgIpc) is 2.89. The predicted octanol–water partition coefficient (Wildman–Crippen LogP) is 5.18. The van der Waals surface area contributed by atoms with Gasteiger partial charge in [-0.2, -0.15) is 0 Å². The maximum Gasteiger partial charge on any atom is 0.573 e. The maximum atomic E-state index is 12.8. The van der Waals surface area contributed by atoms with Gasteiger partial charge in [-0.15, -0.1) is 13.2 Å². The zero-order chi connectivity index (χ0) is 28.4. The number of rotatable bonds is 11. The van der Waals surface area contributed by atoms with E-state index in [0.29, 0.717) is 30.0 Å². The van der Waals surface area contributed by atoms with E-state index in [9.17, 15) is 22.8 Å². The molecule has 0 atom stereocenters. The van der Waals surface area contributed by atoms with Crippen LogP contribution in [0.15, 0.2) is 78.5 Å². The molecule has 0 unspecified atom stereocenters. The lowest BCUT2D eigenvalue weighted by atomic mass is 10.1. The highest BCUT2D eigenvalue weighted by atomic mass is 19.4. The van der Waals surface area contributed by atoms with Gasteiger partial charge in [0.25, 0.3) is 11.8 Å². The molecule has 0 aliphatic carbocycles. The number of amides is 2. The van der Waals surface area contributed by atoms with Gasteiger partial charge in [-0.3, -0.25) is 9.59 Å². The quantitative estimate of drug-likeness (QED) is 0.327. The lowest BCUT2D eigenvalue weighted by molar-refractivity contribution is -0.274. The molecule has 3 rings (SSSR count). The van der Waals surface area contributed by atoms with Crippen LogP contribution >= 0.6 is 0 Å². The van der Waals surface area contributed by atoms with Gasteiger partial charge in [-0.1, -0.05) is 24.3 Å². The van der Waals surface area contributed by atoms with E-state index in [1.54, 1.807) is 31.2 Å². The van der Waals surface area contributed by atoms with Gasteiger partial charge in [0, 0.05) is 38.3 Å². The average molecular weight is 542 g/mol. The Morgan fingerprint density at radius 1 is 0.897 bits per heavy atom. The van der Waals surface area contributed by atoms with E-state index in [2.05, 4.69) is 27.5 Å². The lowest BCUT2D eigenvalue weighted by Crippen LogP contribution is -2.34. The largest absolute Gasteiger partial charge is 0.573 e. The normalized spacial score (nSPS) is 11.5. The Kier molecular flexibility index (Phi) is 9.97.